The van der Waals surface area contributed by atoms with Gasteiger partial charge in [0.25, 0.3) is 0 Å². The molecule has 2 heteroatoms. The molecule has 0 saturated carbocycles. The molecule has 0 fully saturated rings. The minimum absolute atomic E-state index is 0.267. The van der Waals surface area contributed by atoms with Crippen LogP contribution in [0.3, 0.4) is 0 Å². The van der Waals surface area contributed by atoms with Gasteiger partial charge in [0.1, 0.15) is 0 Å². The lowest BCUT2D eigenvalue weighted by Crippen LogP contribution is -2.16. The van der Waals surface area contributed by atoms with Crippen molar-refractivity contribution in [3.05, 3.63) is 42.0 Å². The van der Waals surface area contributed by atoms with Crippen LogP contribution >= 0.6 is 0 Å². The van der Waals surface area contributed by atoms with Crippen LogP contribution in [0.4, 0.5) is 0 Å². The van der Waals surface area contributed by atoms with E-state index in [1.54, 1.807) is 6.08 Å². The molecule has 64 valence electrons. The van der Waals surface area contributed by atoms with Crippen LogP contribution in [0, 0.1) is 0 Å². The minimum Gasteiger partial charge on any atom is -0.388 e. The van der Waals surface area contributed by atoms with Crippen molar-refractivity contribution in [2.24, 2.45) is 5.73 Å². The molecule has 0 heterocycles. The van der Waals surface area contributed by atoms with Gasteiger partial charge in [-0.05, 0) is 5.56 Å². The van der Waals surface area contributed by atoms with Gasteiger partial charge in [0.15, 0.2) is 0 Å². The first kappa shape index (κ1) is 8.97. The van der Waals surface area contributed by atoms with Gasteiger partial charge in [-0.3, -0.25) is 0 Å². The molecule has 0 aromatic heterocycles. The summed E-state index contributed by atoms with van der Waals surface area (Å²) in [7, 11) is 0. The predicted octanol–water partition coefficient (Wildman–Crippen LogP) is 1.02. The summed E-state index contributed by atoms with van der Waals surface area (Å²) in [6.45, 7) is 0.267. The first-order chi connectivity index (χ1) is 5.83. The van der Waals surface area contributed by atoms with E-state index < -0.39 is 6.10 Å². The van der Waals surface area contributed by atoms with Gasteiger partial charge in [-0.25, -0.2) is 0 Å². The molecule has 0 aliphatic carbocycles. The van der Waals surface area contributed by atoms with Crippen molar-refractivity contribution in [3.8, 4) is 0 Å². The van der Waals surface area contributed by atoms with Crippen LogP contribution in [0.15, 0.2) is 36.4 Å². The number of nitrogens with two attached hydrogens (primary N) is 1. The molecule has 1 rings (SSSR count). The fourth-order valence-corrected chi connectivity index (χ4v) is 0.865. The maximum absolute atomic E-state index is 9.11. The average molecular weight is 163 g/mol. The summed E-state index contributed by atoms with van der Waals surface area (Å²) in [4.78, 5) is 0. The van der Waals surface area contributed by atoms with E-state index >= 15 is 0 Å². The standard InChI is InChI=1S/C10H13NO/c11-8-10(12)7-6-9-4-2-1-3-5-9/h1-7,10,12H,8,11H2/b7-6+/t10-/m0/s1. The summed E-state index contributed by atoms with van der Waals surface area (Å²) in [5, 5.41) is 9.11. The van der Waals surface area contributed by atoms with E-state index in [2.05, 4.69) is 0 Å². The Labute approximate surface area is 72.3 Å². The van der Waals surface area contributed by atoms with Gasteiger partial charge in [-0.1, -0.05) is 42.5 Å². The van der Waals surface area contributed by atoms with E-state index in [4.69, 9.17) is 10.8 Å². The van der Waals surface area contributed by atoms with E-state index in [0.717, 1.165) is 5.56 Å². The normalized spacial score (nSPS) is 13.5. The Morgan fingerprint density at radius 2 is 2.00 bits per heavy atom. The van der Waals surface area contributed by atoms with Gasteiger partial charge >= 0.3 is 0 Å². The molecule has 1 aromatic rings. The Hall–Kier alpha value is -1.12. The van der Waals surface area contributed by atoms with Crippen molar-refractivity contribution in [3.63, 3.8) is 0 Å². The largest absolute Gasteiger partial charge is 0.388 e. The van der Waals surface area contributed by atoms with Gasteiger partial charge in [0.2, 0.25) is 0 Å². The fraction of sp³-hybridized carbons (Fsp3) is 0.200. The molecule has 2 nitrogen and oxygen atoms in total. The number of hydrogen-bond donors (Lipinski definition) is 2. The third kappa shape index (κ3) is 2.86. The zero-order valence-electron chi connectivity index (χ0n) is 6.85. The Bertz CT molecular complexity index is 243. The molecule has 0 saturated heterocycles. The molecule has 1 aromatic carbocycles. The van der Waals surface area contributed by atoms with Crippen molar-refractivity contribution in [2.75, 3.05) is 6.54 Å². The summed E-state index contributed by atoms with van der Waals surface area (Å²) >= 11 is 0. The highest BCUT2D eigenvalue weighted by Crippen LogP contribution is 2.01. The molecular weight excluding hydrogens is 150 g/mol. The summed E-state index contributed by atoms with van der Waals surface area (Å²) in [5.74, 6) is 0. The third-order valence-corrected chi connectivity index (χ3v) is 1.55. The summed E-state index contributed by atoms with van der Waals surface area (Å²) in [6, 6.07) is 9.80. The van der Waals surface area contributed by atoms with Crippen molar-refractivity contribution < 1.29 is 5.11 Å². The molecule has 0 radical (unpaired) electrons. The zero-order chi connectivity index (χ0) is 8.81. The Morgan fingerprint density at radius 1 is 1.33 bits per heavy atom. The number of aliphatic hydroxyl groups excluding tert-OH is 1. The summed E-state index contributed by atoms with van der Waals surface area (Å²) < 4.78 is 0. The number of rotatable bonds is 3. The summed E-state index contributed by atoms with van der Waals surface area (Å²) in [5.41, 5.74) is 6.31. The van der Waals surface area contributed by atoms with Crippen molar-refractivity contribution in [1.29, 1.82) is 0 Å². The highest BCUT2D eigenvalue weighted by atomic mass is 16.3. The lowest BCUT2D eigenvalue weighted by Gasteiger charge is -1.98. The van der Waals surface area contributed by atoms with Gasteiger partial charge < -0.3 is 10.8 Å². The second-order valence-electron chi connectivity index (χ2n) is 2.57. The van der Waals surface area contributed by atoms with Crippen LogP contribution in [-0.2, 0) is 0 Å². The first-order valence-electron chi connectivity index (χ1n) is 3.94. The molecule has 12 heavy (non-hydrogen) atoms. The molecule has 0 spiro atoms. The molecule has 0 aliphatic rings. The maximum atomic E-state index is 9.11. The van der Waals surface area contributed by atoms with Crippen LogP contribution in [0.5, 0.6) is 0 Å². The second kappa shape index (κ2) is 4.70. The van der Waals surface area contributed by atoms with Crippen LogP contribution in [-0.4, -0.2) is 17.8 Å². The number of hydrogen-bond acceptors (Lipinski definition) is 2. The number of benzene rings is 1. The van der Waals surface area contributed by atoms with Crippen LogP contribution in [0.1, 0.15) is 5.56 Å². The second-order valence-corrected chi connectivity index (χ2v) is 2.57. The highest BCUT2D eigenvalue weighted by Gasteiger charge is 1.91. The maximum Gasteiger partial charge on any atom is 0.0846 e. The molecule has 3 N–H and O–H groups in total. The molecule has 1 atom stereocenters. The SMILES string of the molecule is NC[C@@H](O)/C=C/c1ccccc1. The highest BCUT2D eigenvalue weighted by molar-refractivity contribution is 5.49. The molecule has 0 aliphatic heterocycles. The quantitative estimate of drug-likeness (QED) is 0.698. The van der Waals surface area contributed by atoms with Gasteiger partial charge in [0.05, 0.1) is 6.10 Å². The lowest BCUT2D eigenvalue weighted by atomic mass is 10.2. The zero-order valence-corrected chi connectivity index (χ0v) is 6.85. The predicted molar refractivity (Wildman–Crippen MR) is 50.5 cm³/mol. The molecule has 0 unspecified atom stereocenters. The molecule has 0 amide bonds. The van der Waals surface area contributed by atoms with E-state index in [0.29, 0.717) is 0 Å². The first-order valence-corrected chi connectivity index (χ1v) is 3.94. The van der Waals surface area contributed by atoms with E-state index in [1.165, 1.54) is 0 Å². The fourth-order valence-electron chi connectivity index (χ4n) is 0.865. The lowest BCUT2D eigenvalue weighted by molar-refractivity contribution is 0.232. The Kier molecular flexibility index (Phi) is 3.51. The third-order valence-electron chi connectivity index (χ3n) is 1.55. The Balaban J connectivity index is 2.58. The smallest absolute Gasteiger partial charge is 0.0846 e. The van der Waals surface area contributed by atoms with Crippen LogP contribution < -0.4 is 5.73 Å². The van der Waals surface area contributed by atoms with E-state index in [-0.39, 0.29) is 6.54 Å². The van der Waals surface area contributed by atoms with Crippen molar-refractivity contribution in [2.45, 2.75) is 6.10 Å². The monoisotopic (exact) mass is 163 g/mol. The Morgan fingerprint density at radius 3 is 2.58 bits per heavy atom. The average Bonchev–Trinajstić information content (AvgIpc) is 2.16. The van der Waals surface area contributed by atoms with E-state index in [1.807, 2.05) is 36.4 Å². The van der Waals surface area contributed by atoms with Crippen LogP contribution in [0.2, 0.25) is 0 Å². The van der Waals surface area contributed by atoms with Gasteiger partial charge in [-0.15, -0.1) is 0 Å². The summed E-state index contributed by atoms with van der Waals surface area (Å²) in [6.07, 6.45) is 3.01. The molecule has 0 bridgehead atoms. The topological polar surface area (TPSA) is 46.2 Å². The van der Waals surface area contributed by atoms with E-state index in [9.17, 15) is 0 Å². The van der Waals surface area contributed by atoms with Gasteiger partial charge in [-0.2, -0.15) is 0 Å². The van der Waals surface area contributed by atoms with Crippen molar-refractivity contribution in [1.82, 2.24) is 0 Å². The van der Waals surface area contributed by atoms with Crippen LogP contribution in [0.25, 0.3) is 6.08 Å². The number of aliphatic hydroxyl groups is 1. The van der Waals surface area contributed by atoms with Crippen molar-refractivity contribution >= 4 is 6.08 Å². The molecular formula is C10H13NO. The van der Waals surface area contributed by atoms with Gasteiger partial charge in [0, 0.05) is 6.54 Å². The minimum atomic E-state index is -0.537.